The first-order chi connectivity index (χ1) is 33.2. The van der Waals surface area contributed by atoms with Crippen LogP contribution < -0.4 is 34.8 Å². The Hall–Kier alpha value is -6.70. The Labute approximate surface area is 407 Å². The molecule has 0 atom stereocenters. The van der Waals surface area contributed by atoms with Crippen LogP contribution in [0.3, 0.4) is 0 Å². The van der Waals surface area contributed by atoms with Crippen molar-refractivity contribution in [3.05, 3.63) is 65.7 Å². The lowest BCUT2D eigenvalue weighted by molar-refractivity contribution is 0.280. The molecule has 364 valence electrons. The summed E-state index contributed by atoms with van der Waals surface area (Å²) in [6, 6.07) is 16.3. The van der Waals surface area contributed by atoms with Gasteiger partial charge in [0.1, 0.15) is 33.3 Å². The number of methoxy groups -OCH3 is 2. The van der Waals surface area contributed by atoms with Gasteiger partial charge in [0.25, 0.3) is 10.1 Å². The number of thiazole rings is 2. The van der Waals surface area contributed by atoms with Gasteiger partial charge in [-0.05, 0) is 89.1 Å². The fourth-order valence-electron chi connectivity index (χ4n) is 7.46. The Kier molecular flexibility index (Phi) is 16.1. The summed E-state index contributed by atoms with van der Waals surface area (Å²) in [5, 5.41) is 45.7. The number of aliphatic hydroxyl groups excluding tert-OH is 2. The molecule has 5 N–H and O–H groups in total. The summed E-state index contributed by atoms with van der Waals surface area (Å²) >= 11 is 2.52. The second-order valence-corrected chi connectivity index (χ2v) is 18.8. The summed E-state index contributed by atoms with van der Waals surface area (Å²) < 4.78 is 47.7. The van der Waals surface area contributed by atoms with Crippen LogP contribution in [0, 0.1) is 13.8 Å². The number of aryl methyl sites for hydroxylation is 2. The topological polar surface area (TPSA) is 261 Å². The molecular formula is C45H54N14O7S3. The van der Waals surface area contributed by atoms with Crippen molar-refractivity contribution in [3.8, 4) is 11.5 Å². The number of hydrogen-bond acceptors (Lipinski definition) is 22. The molecule has 0 spiro atoms. The Balaban J connectivity index is 1.36. The largest absolute Gasteiger partial charge is 0.494 e. The molecule has 0 fully saturated rings. The van der Waals surface area contributed by atoms with Crippen LogP contribution in [0.4, 0.5) is 62.2 Å². The van der Waals surface area contributed by atoms with Crippen molar-refractivity contribution in [1.29, 1.82) is 0 Å². The van der Waals surface area contributed by atoms with Crippen molar-refractivity contribution in [2.75, 3.05) is 92.0 Å². The van der Waals surface area contributed by atoms with Crippen LogP contribution in [-0.4, -0.2) is 115 Å². The van der Waals surface area contributed by atoms with Gasteiger partial charge in [-0.3, -0.25) is 4.55 Å². The van der Waals surface area contributed by atoms with E-state index < -0.39 is 10.1 Å². The fourth-order valence-corrected chi connectivity index (χ4v) is 10.1. The van der Waals surface area contributed by atoms with E-state index in [0.29, 0.717) is 70.1 Å². The maximum absolute atomic E-state index is 12.3. The molecule has 4 aromatic carbocycles. The molecule has 21 nitrogen and oxygen atoms in total. The zero-order valence-electron chi connectivity index (χ0n) is 39.4. The second-order valence-electron chi connectivity index (χ2n) is 15.3. The molecule has 0 saturated carbocycles. The van der Waals surface area contributed by atoms with E-state index in [1.807, 2.05) is 58.9 Å². The highest BCUT2D eigenvalue weighted by atomic mass is 32.2. The van der Waals surface area contributed by atoms with Gasteiger partial charge < -0.3 is 45.0 Å². The summed E-state index contributed by atoms with van der Waals surface area (Å²) in [5.74, 6) is 1.32. The number of nitrogens with one attached hydrogen (secondary N) is 2. The van der Waals surface area contributed by atoms with Crippen LogP contribution >= 0.6 is 22.7 Å². The highest BCUT2D eigenvalue weighted by molar-refractivity contribution is 7.86. The smallest absolute Gasteiger partial charge is 0.296 e. The molecule has 0 aliphatic rings. The maximum Gasteiger partial charge on any atom is 0.296 e. The quantitative estimate of drug-likeness (QED) is 0.0312. The number of aliphatic hydroxyl groups is 2. The van der Waals surface area contributed by atoms with E-state index in [0.717, 1.165) is 38.5 Å². The van der Waals surface area contributed by atoms with Gasteiger partial charge >= 0.3 is 0 Å². The zero-order chi connectivity index (χ0) is 49.4. The Bertz CT molecular complexity index is 3110. The van der Waals surface area contributed by atoms with Gasteiger partial charge in [-0.2, -0.15) is 23.4 Å². The number of ether oxygens (including phenoxy) is 2. The molecule has 0 saturated heterocycles. The fraction of sp³-hybridized carbons (Fsp3) is 0.356. The predicted octanol–water partition coefficient (Wildman–Crippen LogP) is 9.77. The number of nitrogens with zero attached hydrogens (tertiary/aromatic N) is 12. The van der Waals surface area contributed by atoms with Crippen molar-refractivity contribution in [1.82, 2.24) is 24.9 Å². The van der Waals surface area contributed by atoms with Gasteiger partial charge in [0.05, 0.1) is 65.1 Å². The van der Waals surface area contributed by atoms with E-state index >= 15 is 0 Å². The minimum absolute atomic E-state index is 0.0502. The van der Waals surface area contributed by atoms with Gasteiger partial charge in [-0.15, -0.1) is 20.5 Å². The standard InChI is InChI=1S/C45H54N14O7S3/c1-9-57(10-2)33-22-29(31(24-35(33)65-7)53-55-44-48-28-14-13-26(5)19-37(28)67-44)46-41-50-42(52-43(51-41)59(15-17-60)16-18-61)47-30-23-34(58(11-3)12-4)36(66-8)25-32(30)54-56-45-49-40-38(68-45)20-27(6)21-39(40)69(62,63)64/h13-14,19-25,60-61H,9-12,15-18H2,1-8H3,(H,62,63,64)(H2,46,47,50,51,52). The summed E-state index contributed by atoms with van der Waals surface area (Å²) in [6.45, 7) is 14.2. The van der Waals surface area contributed by atoms with Crippen molar-refractivity contribution >= 4 is 115 Å². The highest BCUT2D eigenvalue weighted by Crippen LogP contribution is 2.43. The van der Waals surface area contributed by atoms with E-state index in [-0.39, 0.29) is 65.4 Å². The first kappa shape index (κ1) is 50.2. The molecule has 69 heavy (non-hydrogen) atoms. The first-order valence-electron chi connectivity index (χ1n) is 22.0. The predicted molar refractivity (Wildman–Crippen MR) is 273 cm³/mol. The molecule has 0 unspecified atom stereocenters. The molecule has 0 radical (unpaired) electrons. The number of anilines is 7. The van der Waals surface area contributed by atoms with Crippen LogP contribution in [0.15, 0.2) is 79.9 Å². The first-order valence-corrected chi connectivity index (χ1v) is 25.1. The molecular weight excluding hydrogens is 945 g/mol. The molecule has 24 heteroatoms. The minimum Gasteiger partial charge on any atom is -0.494 e. The molecule has 3 aromatic heterocycles. The van der Waals surface area contributed by atoms with E-state index in [2.05, 4.69) is 56.9 Å². The van der Waals surface area contributed by atoms with Gasteiger partial charge in [0.2, 0.25) is 28.1 Å². The molecule has 7 rings (SSSR count). The number of benzene rings is 4. The van der Waals surface area contributed by atoms with E-state index in [1.54, 1.807) is 44.2 Å². The van der Waals surface area contributed by atoms with E-state index in [4.69, 9.17) is 24.4 Å². The van der Waals surface area contributed by atoms with Gasteiger partial charge in [0.15, 0.2) is 0 Å². The van der Waals surface area contributed by atoms with Crippen LogP contribution in [0.5, 0.6) is 11.5 Å². The normalized spacial score (nSPS) is 11.9. The second kappa shape index (κ2) is 22.2. The van der Waals surface area contributed by atoms with Crippen molar-refractivity contribution in [2.24, 2.45) is 20.5 Å². The Morgan fingerprint density at radius 1 is 0.623 bits per heavy atom. The zero-order valence-corrected chi connectivity index (χ0v) is 41.9. The van der Waals surface area contributed by atoms with E-state index in [9.17, 15) is 23.2 Å². The van der Waals surface area contributed by atoms with Gasteiger partial charge in [0, 0.05) is 51.4 Å². The number of hydrogen-bond donors (Lipinski definition) is 5. The monoisotopic (exact) mass is 998 g/mol. The molecule has 3 heterocycles. The van der Waals surface area contributed by atoms with Crippen LogP contribution in [-0.2, 0) is 10.1 Å². The third-order valence-corrected chi connectivity index (χ3v) is 13.5. The SMILES string of the molecule is CCN(CC)c1cc(Nc2nc(Nc3cc(N(CC)CC)c(OC)cc3N=Nc3nc4c(S(=O)(=O)O)cc(C)cc4s3)nc(N(CCO)CCO)n2)c(N=Nc2nc3ccc(C)cc3s2)cc1OC. The van der Waals surface area contributed by atoms with Crippen LogP contribution in [0.25, 0.3) is 20.4 Å². The third kappa shape index (κ3) is 11.6. The van der Waals surface area contributed by atoms with Gasteiger partial charge in [-0.25, -0.2) is 9.97 Å². The Morgan fingerprint density at radius 2 is 1.13 bits per heavy atom. The van der Waals surface area contributed by atoms with E-state index in [1.165, 1.54) is 17.4 Å². The minimum atomic E-state index is -4.58. The lowest BCUT2D eigenvalue weighted by Crippen LogP contribution is -2.31. The van der Waals surface area contributed by atoms with Crippen molar-refractivity contribution < 1.29 is 32.7 Å². The number of aromatic nitrogens is 5. The number of rotatable bonds is 22. The van der Waals surface area contributed by atoms with Crippen molar-refractivity contribution in [3.63, 3.8) is 0 Å². The van der Waals surface area contributed by atoms with Crippen LogP contribution in [0.2, 0.25) is 0 Å². The molecule has 0 amide bonds. The Morgan fingerprint density at radius 3 is 1.62 bits per heavy atom. The van der Waals surface area contributed by atoms with Crippen LogP contribution in [0.1, 0.15) is 38.8 Å². The summed E-state index contributed by atoms with van der Waals surface area (Å²) in [6.07, 6.45) is 0. The summed E-state index contributed by atoms with van der Waals surface area (Å²) in [4.78, 5) is 29.0. The van der Waals surface area contributed by atoms with Crippen molar-refractivity contribution in [2.45, 2.75) is 46.4 Å². The number of azo groups is 2. The maximum atomic E-state index is 12.3. The molecule has 0 bridgehead atoms. The summed E-state index contributed by atoms with van der Waals surface area (Å²) in [5.41, 5.74) is 5.66. The molecule has 0 aliphatic carbocycles. The summed E-state index contributed by atoms with van der Waals surface area (Å²) in [7, 11) is -1.44. The lowest BCUT2D eigenvalue weighted by atomic mass is 10.2. The lowest BCUT2D eigenvalue weighted by Gasteiger charge is -2.25. The molecule has 0 aliphatic heterocycles. The molecule has 7 aromatic rings. The average molecular weight is 999 g/mol. The average Bonchev–Trinajstić information content (AvgIpc) is 3.94. The number of fused-ring (bicyclic) bond motifs is 2. The highest BCUT2D eigenvalue weighted by Gasteiger charge is 2.22. The van der Waals surface area contributed by atoms with Gasteiger partial charge in [-0.1, -0.05) is 28.7 Å². The third-order valence-electron chi connectivity index (χ3n) is 10.8.